The molecule has 1 aromatic carbocycles. The van der Waals surface area contributed by atoms with Gasteiger partial charge in [0.1, 0.15) is 0 Å². The number of rotatable bonds is 10. The first kappa shape index (κ1) is 22.1. The van der Waals surface area contributed by atoms with Crippen molar-refractivity contribution in [2.24, 2.45) is 0 Å². The minimum Gasteiger partial charge on any atom is -0.378 e. The lowest BCUT2D eigenvalue weighted by Gasteiger charge is -2.44. The van der Waals surface area contributed by atoms with E-state index in [9.17, 15) is 4.79 Å². The summed E-state index contributed by atoms with van der Waals surface area (Å²) < 4.78 is 6.52. The number of carbonyl (C=O) groups excluding carboxylic acids is 1. The van der Waals surface area contributed by atoms with Crippen molar-refractivity contribution in [1.29, 1.82) is 0 Å². The summed E-state index contributed by atoms with van der Waals surface area (Å²) in [7, 11) is -1.61. The lowest BCUT2D eigenvalue weighted by Crippen LogP contribution is -2.51. The topological polar surface area (TPSA) is 26.3 Å². The molecule has 0 bridgehead atoms. The zero-order valence-electron chi connectivity index (χ0n) is 17.4. The van der Waals surface area contributed by atoms with Gasteiger partial charge in [0, 0.05) is 17.7 Å². The van der Waals surface area contributed by atoms with Crippen molar-refractivity contribution in [3.8, 4) is 0 Å². The van der Waals surface area contributed by atoms with Gasteiger partial charge in [0.05, 0.1) is 14.2 Å². The van der Waals surface area contributed by atoms with E-state index in [-0.39, 0.29) is 16.9 Å². The number of benzene rings is 1. The highest BCUT2D eigenvalue weighted by molar-refractivity contribution is 6.81. The average Bonchev–Trinajstić information content (AvgIpc) is 2.53. The van der Waals surface area contributed by atoms with E-state index in [0.29, 0.717) is 12.1 Å². The van der Waals surface area contributed by atoms with Gasteiger partial charge in [-0.2, -0.15) is 0 Å². The Morgan fingerprint density at radius 2 is 1.72 bits per heavy atom. The summed E-state index contributed by atoms with van der Waals surface area (Å²) >= 11 is 0. The van der Waals surface area contributed by atoms with Gasteiger partial charge < -0.3 is 4.74 Å². The molecule has 0 N–H and O–H groups in total. The van der Waals surface area contributed by atoms with Gasteiger partial charge in [-0.3, -0.25) is 4.79 Å². The van der Waals surface area contributed by atoms with E-state index in [4.69, 9.17) is 4.74 Å². The van der Waals surface area contributed by atoms with Crippen LogP contribution in [0.1, 0.15) is 77.1 Å². The van der Waals surface area contributed by atoms with Gasteiger partial charge in [-0.1, -0.05) is 90.4 Å². The fourth-order valence-electron chi connectivity index (χ4n) is 2.99. The highest BCUT2D eigenvalue weighted by atomic mass is 28.3. The lowest BCUT2D eigenvalue weighted by atomic mass is 10.1. The number of carbonyl (C=O) groups is 1. The standard InChI is InChI=1S/C22H38O2Si/c1-8-9-11-16-21(25(6,7)22(3,4)5)24-18(2)17-20(23)19-14-12-10-13-15-19/h10,12-15,18,21H,8-9,11,16-17H2,1-7H3/t18-,21+/m1/s1. The average molecular weight is 363 g/mol. The van der Waals surface area contributed by atoms with Crippen molar-refractivity contribution in [3.63, 3.8) is 0 Å². The second-order valence-corrected chi connectivity index (χ2v) is 14.5. The molecule has 3 heteroatoms. The third-order valence-electron chi connectivity index (χ3n) is 5.77. The molecule has 0 heterocycles. The van der Waals surface area contributed by atoms with Gasteiger partial charge in [-0.15, -0.1) is 0 Å². The SMILES string of the molecule is CCCCC[C@@H](O[C@H](C)CC(=O)c1ccccc1)[Si](C)(C)C(C)(C)C. The van der Waals surface area contributed by atoms with Crippen LogP contribution in [0.4, 0.5) is 0 Å². The summed E-state index contributed by atoms with van der Waals surface area (Å²) in [5, 5.41) is 0.285. The first-order valence-electron chi connectivity index (χ1n) is 9.83. The van der Waals surface area contributed by atoms with Gasteiger partial charge in [0.25, 0.3) is 0 Å². The Morgan fingerprint density at radius 3 is 2.24 bits per heavy atom. The van der Waals surface area contributed by atoms with E-state index in [0.717, 1.165) is 12.0 Å². The molecule has 0 aliphatic rings. The zero-order valence-corrected chi connectivity index (χ0v) is 18.4. The van der Waals surface area contributed by atoms with Crippen LogP contribution in [0.2, 0.25) is 18.1 Å². The lowest BCUT2D eigenvalue weighted by molar-refractivity contribution is 0.0246. The third kappa shape index (κ3) is 6.71. The Kier molecular flexibility index (Phi) is 8.56. The largest absolute Gasteiger partial charge is 0.378 e. The minimum atomic E-state index is -1.61. The number of hydrogen-bond acceptors (Lipinski definition) is 2. The summed E-state index contributed by atoms with van der Waals surface area (Å²) in [6, 6.07) is 9.56. The van der Waals surface area contributed by atoms with Crippen LogP contribution in [0.25, 0.3) is 0 Å². The van der Waals surface area contributed by atoms with Crippen molar-refractivity contribution < 1.29 is 9.53 Å². The number of unbranched alkanes of at least 4 members (excludes halogenated alkanes) is 2. The monoisotopic (exact) mass is 362 g/mol. The van der Waals surface area contributed by atoms with Crippen molar-refractivity contribution in [2.75, 3.05) is 0 Å². The van der Waals surface area contributed by atoms with E-state index in [2.05, 4.69) is 47.7 Å². The van der Waals surface area contributed by atoms with Crippen molar-refractivity contribution in [3.05, 3.63) is 35.9 Å². The van der Waals surface area contributed by atoms with Gasteiger partial charge in [0.15, 0.2) is 5.78 Å². The number of ketones is 1. The van der Waals surface area contributed by atoms with E-state index in [1.165, 1.54) is 19.3 Å². The van der Waals surface area contributed by atoms with Crippen LogP contribution in [0, 0.1) is 0 Å². The van der Waals surface area contributed by atoms with E-state index >= 15 is 0 Å². The molecule has 0 unspecified atom stereocenters. The molecule has 0 aliphatic carbocycles. The molecule has 1 aromatic rings. The summed E-state index contributed by atoms with van der Waals surface area (Å²) in [5.74, 6) is 0.177. The fraction of sp³-hybridized carbons (Fsp3) is 0.682. The van der Waals surface area contributed by atoms with Crippen LogP contribution >= 0.6 is 0 Å². The molecule has 1 rings (SSSR count). The molecule has 0 radical (unpaired) electrons. The molecule has 0 saturated heterocycles. The van der Waals surface area contributed by atoms with Crippen LogP contribution in [-0.4, -0.2) is 25.7 Å². The van der Waals surface area contributed by atoms with E-state index in [1.54, 1.807) is 0 Å². The van der Waals surface area contributed by atoms with E-state index in [1.807, 2.05) is 30.3 Å². The predicted molar refractivity (Wildman–Crippen MR) is 111 cm³/mol. The van der Waals surface area contributed by atoms with Crippen molar-refractivity contribution in [2.45, 2.75) is 96.7 Å². The van der Waals surface area contributed by atoms with Gasteiger partial charge in [-0.05, 0) is 18.4 Å². The molecular formula is C22H38O2Si. The van der Waals surface area contributed by atoms with Gasteiger partial charge >= 0.3 is 0 Å². The number of Topliss-reactive ketones (excluding diaryl/α,β-unsaturated/α-hetero) is 1. The Bertz CT molecular complexity index is 517. The van der Waals surface area contributed by atoms with Crippen LogP contribution in [-0.2, 0) is 4.74 Å². The predicted octanol–water partition coefficient (Wildman–Crippen LogP) is 6.66. The summed E-state index contributed by atoms with van der Waals surface area (Å²) in [4.78, 5) is 12.5. The maximum Gasteiger partial charge on any atom is 0.165 e. The van der Waals surface area contributed by atoms with Crippen molar-refractivity contribution in [1.82, 2.24) is 0 Å². The zero-order chi connectivity index (χ0) is 19.1. The Balaban J connectivity index is 2.77. The normalized spacial score (nSPS) is 15.0. The third-order valence-corrected chi connectivity index (χ3v) is 11.7. The Hall–Kier alpha value is -0.933. The molecular weight excluding hydrogens is 324 g/mol. The maximum atomic E-state index is 12.5. The highest BCUT2D eigenvalue weighted by Crippen LogP contribution is 2.41. The quantitative estimate of drug-likeness (QED) is 0.264. The minimum absolute atomic E-state index is 0.0338. The van der Waals surface area contributed by atoms with E-state index < -0.39 is 8.07 Å². The Morgan fingerprint density at radius 1 is 1.12 bits per heavy atom. The molecule has 0 aliphatic heterocycles. The fourth-order valence-corrected chi connectivity index (χ4v) is 5.46. The van der Waals surface area contributed by atoms with Gasteiger partial charge in [0.2, 0.25) is 0 Å². The molecule has 2 atom stereocenters. The second kappa shape index (κ2) is 9.68. The highest BCUT2D eigenvalue weighted by Gasteiger charge is 2.43. The summed E-state index contributed by atoms with van der Waals surface area (Å²) in [6.45, 7) is 16.2. The summed E-state index contributed by atoms with van der Waals surface area (Å²) in [6.07, 6.45) is 5.25. The van der Waals surface area contributed by atoms with Gasteiger partial charge in [-0.25, -0.2) is 0 Å². The first-order chi connectivity index (χ1) is 11.6. The number of ether oxygens (including phenoxy) is 1. The molecule has 0 aromatic heterocycles. The second-order valence-electron chi connectivity index (χ2n) is 8.90. The first-order valence-corrected chi connectivity index (χ1v) is 12.9. The summed E-state index contributed by atoms with van der Waals surface area (Å²) in [5.41, 5.74) is 1.09. The van der Waals surface area contributed by atoms with Crippen LogP contribution in [0.15, 0.2) is 30.3 Å². The maximum absolute atomic E-state index is 12.5. The molecule has 25 heavy (non-hydrogen) atoms. The van der Waals surface area contributed by atoms with Crippen molar-refractivity contribution >= 4 is 13.9 Å². The molecule has 142 valence electrons. The van der Waals surface area contributed by atoms with Crippen LogP contribution in [0.3, 0.4) is 0 Å². The molecule has 0 fully saturated rings. The Labute approximate surface area is 156 Å². The van der Waals surface area contributed by atoms with Crippen LogP contribution < -0.4 is 0 Å². The van der Waals surface area contributed by atoms with Crippen LogP contribution in [0.5, 0.6) is 0 Å². The number of hydrogen-bond donors (Lipinski definition) is 0. The molecule has 0 spiro atoms. The molecule has 0 saturated carbocycles. The smallest absolute Gasteiger partial charge is 0.165 e. The molecule has 2 nitrogen and oxygen atoms in total. The molecule has 0 amide bonds.